The highest BCUT2D eigenvalue weighted by atomic mass is 19.3. The summed E-state index contributed by atoms with van der Waals surface area (Å²) in [6.45, 7) is 6.43. The van der Waals surface area contributed by atoms with Gasteiger partial charge in [-0.3, -0.25) is 0 Å². The Labute approximate surface area is 207 Å². The Balaban J connectivity index is 1.25. The summed E-state index contributed by atoms with van der Waals surface area (Å²) in [5.74, 6) is -4.49. The van der Waals surface area contributed by atoms with Gasteiger partial charge < -0.3 is 9.47 Å². The molecule has 1 aromatic rings. The lowest BCUT2D eigenvalue weighted by Gasteiger charge is -2.39. The highest BCUT2D eigenvalue weighted by molar-refractivity contribution is 5.33. The van der Waals surface area contributed by atoms with Gasteiger partial charge in [0, 0.05) is 18.9 Å². The molecule has 35 heavy (non-hydrogen) atoms. The third kappa shape index (κ3) is 6.42. The molecule has 2 saturated carbocycles. The summed E-state index contributed by atoms with van der Waals surface area (Å²) in [5.41, 5.74) is 0.357. The van der Waals surface area contributed by atoms with Crippen LogP contribution in [0, 0.1) is 35.3 Å². The lowest BCUT2D eigenvalue weighted by Crippen LogP contribution is -2.38. The summed E-state index contributed by atoms with van der Waals surface area (Å²) in [6.07, 6.45) is 9.68. The number of hydrogen-bond acceptors (Lipinski definition) is 2. The van der Waals surface area contributed by atoms with E-state index >= 15 is 0 Å². The van der Waals surface area contributed by atoms with Gasteiger partial charge in [-0.2, -0.15) is 4.39 Å². The Hall–Kier alpha value is -1.56. The van der Waals surface area contributed by atoms with Gasteiger partial charge in [-0.15, -0.1) is 6.58 Å². The van der Waals surface area contributed by atoms with Crippen LogP contribution >= 0.6 is 0 Å². The number of rotatable bonds is 8. The molecule has 0 radical (unpaired) electrons. The molecular formula is C29H40F4O2. The van der Waals surface area contributed by atoms with Gasteiger partial charge in [0.05, 0.1) is 12.7 Å². The maximum atomic E-state index is 14.9. The summed E-state index contributed by atoms with van der Waals surface area (Å²) < 4.78 is 70.5. The first kappa shape index (κ1) is 26.5. The lowest BCUT2D eigenvalue weighted by atomic mass is 9.75. The topological polar surface area (TPSA) is 18.5 Å². The summed E-state index contributed by atoms with van der Waals surface area (Å²) in [7, 11) is 0. The molecule has 1 aromatic carbocycles. The van der Waals surface area contributed by atoms with Crippen LogP contribution < -0.4 is 4.74 Å². The van der Waals surface area contributed by atoms with E-state index in [0.717, 1.165) is 58.0 Å². The van der Waals surface area contributed by atoms with Crippen LogP contribution in [0.4, 0.5) is 17.6 Å². The molecular weight excluding hydrogens is 456 g/mol. The van der Waals surface area contributed by atoms with E-state index < -0.39 is 29.9 Å². The van der Waals surface area contributed by atoms with Gasteiger partial charge in [0.1, 0.15) is 0 Å². The van der Waals surface area contributed by atoms with Gasteiger partial charge in [-0.25, -0.2) is 13.2 Å². The number of alkyl halides is 2. The second kappa shape index (κ2) is 11.7. The minimum absolute atomic E-state index is 0.0309. The van der Waals surface area contributed by atoms with Crippen molar-refractivity contribution in [2.75, 3.05) is 13.2 Å². The minimum Gasteiger partial charge on any atom is -0.490 e. The van der Waals surface area contributed by atoms with Crippen molar-refractivity contribution < 1.29 is 27.0 Å². The van der Waals surface area contributed by atoms with E-state index in [-0.39, 0.29) is 24.4 Å². The summed E-state index contributed by atoms with van der Waals surface area (Å²) in [4.78, 5) is 0. The molecule has 1 heterocycles. The number of ether oxygens (including phenoxy) is 2. The van der Waals surface area contributed by atoms with E-state index in [9.17, 15) is 17.6 Å². The van der Waals surface area contributed by atoms with Gasteiger partial charge in [0.15, 0.2) is 11.6 Å². The van der Waals surface area contributed by atoms with Crippen molar-refractivity contribution in [2.24, 2.45) is 23.7 Å². The normalized spacial score (nSPS) is 32.3. The zero-order chi connectivity index (χ0) is 25.0. The predicted molar refractivity (Wildman–Crippen MR) is 130 cm³/mol. The molecule has 2 aliphatic carbocycles. The van der Waals surface area contributed by atoms with E-state index in [2.05, 4.69) is 13.5 Å². The van der Waals surface area contributed by atoms with Gasteiger partial charge >= 0.3 is 0 Å². The van der Waals surface area contributed by atoms with E-state index in [1.165, 1.54) is 6.07 Å². The first-order chi connectivity index (χ1) is 16.8. The van der Waals surface area contributed by atoms with Gasteiger partial charge in [0.2, 0.25) is 5.82 Å². The molecule has 4 rings (SSSR count). The molecule has 0 aromatic heterocycles. The molecule has 2 atom stereocenters. The van der Waals surface area contributed by atoms with Crippen LogP contribution in [0.3, 0.4) is 0 Å². The molecule has 0 N–H and O–H groups in total. The van der Waals surface area contributed by atoms with Gasteiger partial charge in [0.25, 0.3) is 5.92 Å². The van der Waals surface area contributed by atoms with Crippen molar-refractivity contribution in [3.8, 4) is 5.75 Å². The monoisotopic (exact) mass is 496 g/mol. The Morgan fingerprint density at radius 1 is 0.971 bits per heavy atom. The van der Waals surface area contributed by atoms with Gasteiger partial charge in [-0.05, 0) is 99.5 Å². The van der Waals surface area contributed by atoms with Crippen molar-refractivity contribution in [1.29, 1.82) is 0 Å². The number of hydrogen-bond donors (Lipinski definition) is 0. The van der Waals surface area contributed by atoms with Crippen LogP contribution in [0.15, 0.2) is 24.8 Å². The fourth-order valence-electron chi connectivity index (χ4n) is 6.33. The molecule has 196 valence electrons. The number of allylic oxidation sites excluding steroid dienone is 1. The SMILES string of the molecule is C=CC1CCC(c2ccc(OCCC(F)(F)C3CCC(C4CCC(C)CO4)CC3)c(F)c2F)CC1. The Morgan fingerprint density at radius 3 is 2.31 bits per heavy atom. The predicted octanol–water partition coefficient (Wildman–Crippen LogP) is 8.45. The van der Waals surface area contributed by atoms with Crippen molar-refractivity contribution in [2.45, 2.75) is 95.5 Å². The van der Waals surface area contributed by atoms with E-state index in [4.69, 9.17) is 9.47 Å². The summed E-state index contributed by atoms with van der Waals surface area (Å²) in [6, 6.07) is 2.95. The van der Waals surface area contributed by atoms with Crippen molar-refractivity contribution >= 4 is 0 Å². The molecule has 2 nitrogen and oxygen atoms in total. The van der Waals surface area contributed by atoms with Crippen LogP contribution in [-0.2, 0) is 4.74 Å². The molecule has 2 unspecified atom stereocenters. The average molecular weight is 497 g/mol. The molecule has 0 bridgehead atoms. The number of halogens is 4. The van der Waals surface area contributed by atoms with E-state index in [0.29, 0.717) is 36.2 Å². The second-order valence-corrected chi connectivity index (χ2v) is 11.2. The van der Waals surface area contributed by atoms with Crippen molar-refractivity contribution in [1.82, 2.24) is 0 Å². The molecule has 1 saturated heterocycles. The first-order valence-corrected chi connectivity index (χ1v) is 13.5. The summed E-state index contributed by atoms with van der Waals surface area (Å²) in [5, 5.41) is 0. The maximum absolute atomic E-state index is 14.9. The largest absolute Gasteiger partial charge is 0.490 e. The number of benzene rings is 1. The zero-order valence-corrected chi connectivity index (χ0v) is 20.9. The van der Waals surface area contributed by atoms with Crippen LogP contribution in [0.2, 0.25) is 0 Å². The zero-order valence-electron chi connectivity index (χ0n) is 20.9. The fraction of sp³-hybridized carbons (Fsp3) is 0.724. The second-order valence-electron chi connectivity index (χ2n) is 11.2. The Bertz CT molecular complexity index is 833. The van der Waals surface area contributed by atoms with Gasteiger partial charge in [-0.1, -0.05) is 19.1 Å². The molecule has 0 amide bonds. The highest BCUT2D eigenvalue weighted by Crippen LogP contribution is 2.43. The third-order valence-electron chi connectivity index (χ3n) is 8.75. The van der Waals surface area contributed by atoms with Crippen LogP contribution in [0.5, 0.6) is 5.75 Å². The van der Waals surface area contributed by atoms with Crippen LogP contribution in [-0.4, -0.2) is 25.2 Å². The first-order valence-electron chi connectivity index (χ1n) is 13.5. The van der Waals surface area contributed by atoms with Crippen LogP contribution in [0.25, 0.3) is 0 Å². The summed E-state index contributed by atoms with van der Waals surface area (Å²) >= 11 is 0. The molecule has 1 aliphatic heterocycles. The minimum atomic E-state index is -2.88. The molecule has 3 fully saturated rings. The molecule has 3 aliphatic rings. The highest BCUT2D eigenvalue weighted by Gasteiger charge is 2.42. The van der Waals surface area contributed by atoms with E-state index in [1.54, 1.807) is 6.07 Å². The standard InChI is InChI=1S/C29H40F4O2/c1-3-20-5-7-21(8-6-20)24-13-15-26(28(31)27(24)30)34-17-16-29(32,33)23-11-9-22(10-12-23)25-14-4-19(2)18-35-25/h3,13,15,19-23,25H,1,4-12,14,16-18H2,2H3. The fourth-order valence-corrected chi connectivity index (χ4v) is 6.33. The average Bonchev–Trinajstić information content (AvgIpc) is 2.87. The molecule has 0 spiro atoms. The molecule has 6 heteroatoms. The third-order valence-corrected chi connectivity index (χ3v) is 8.75. The lowest BCUT2D eigenvalue weighted by molar-refractivity contribution is -0.104. The van der Waals surface area contributed by atoms with Crippen LogP contribution in [0.1, 0.15) is 89.0 Å². The Morgan fingerprint density at radius 2 is 1.69 bits per heavy atom. The quantitative estimate of drug-likeness (QED) is 0.265. The van der Waals surface area contributed by atoms with E-state index in [1.807, 2.05) is 6.08 Å². The Kier molecular flexibility index (Phi) is 8.83. The van der Waals surface area contributed by atoms with Crippen molar-refractivity contribution in [3.05, 3.63) is 42.0 Å². The smallest absolute Gasteiger partial charge is 0.254 e. The van der Waals surface area contributed by atoms with Crippen molar-refractivity contribution in [3.63, 3.8) is 0 Å². The maximum Gasteiger partial charge on any atom is 0.254 e.